The third-order valence-electron chi connectivity index (χ3n) is 11.0. The van der Waals surface area contributed by atoms with E-state index < -0.39 is 0 Å². The minimum atomic E-state index is 0.590. The molecule has 0 radical (unpaired) electrons. The molecule has 0 fully saturated rings. The fraction of sp³-hybridized carbons (Fsp3) is 0. The lowest BCUT2D eigenvalue weighted by molar-refractivity contribution is 0.668. The van der Waals surface area contributed by atoms with Crippen LogP contribution in [0.1, 0.15) is 0 Å². The molecule has 0 bridgehead atoms. The predicted molar refractivity (Wildman–Crippen MR) is 229 cm³/mol. The Morgan fingerprint density at radius 3 is 1.53 bits per heavy atom. The molecule has 0 amide bonds. The van der Waals surface area contributed by atoms with Crippen LogP contribution >= 0.6 is 0 Å². The van der Waals surface area contributed by atoms with E-state index in [1.54, 1.807) is 0 Å². The van der Waals surface area contributed by atoms with Gasteiger partial charge in [-0.15, -0.1) is 0 Å². The van der Waals surface area contributed by atoms with Crippen molar-refractivity contribution in [1.82, 2.24) is 15.0 Å². The van der Waals surface area contributed by atoms with Gasteiger partial charge in [-0.05, 0) is 65.2 Å². The van der Waals surface area contributed by atoms with Crippen LogP contribution in [0.25, 0.3) is 122 Å². The van der Waals surface area contributed by atoms with Crippen LogP contribution < -0.4 is 0 Å². The molecular weight excluding hydrogens is 703 g/mol. The molecule has 0 unspecified atom stereocenters. The van der Waals surface area contributed by atoms with E-state index >= 15 is 0 Å². The van der Waals surface area contributed by atoms with Crippen molar-refractivity contribution in [2.24, 2.45) is 0 Å². The standard InChI is InChI=1S/C51H29N3O3/c1-2-11-31(12-3-1)49-52-50(54-51(53-49)33-25-28-44-40(29-33)35-13-4-7-17-41(35)55-44)32-23-21-30(22-24-32)34-26-27-37(47-39-15-6-9-19-43(39)57-48(34)47)36-16-10-20-45-46(36)38-14-5-8-18-42(38)56-45/h1-29H. The van der Waals surface area contributed by atoms with Crippen LogP contribution in [-0.4, -0.2) is 15.0 Å². The molecular formula is C51H29N3O3. The summed E-state index contributed by atoms with van der Waals surface area (Å²) in [5, 5.41) is 6.41. The number of fused-ring (bicyclic) bond motifs is 9. The summed E-state index contributed by atoms with van der Waals surface area (Å²) in [6, 6.07) is 59.8. The fourth-order valence-corrected chi connectivity index (χ4v) is 8.29. The summed E-state index contributed by atoms with van der Waals surface area (Å²) in [6.07, 6.45) is 0. The van der Waals surface area contributed by atoms with Crippen LogP contribution in [0.3, 0.4) is 0 Å². The summed E-state index contributed by atoms with van der Waals surface area (Å²) in [6.45, 7) is 0. The zero-order valence-electron chi connectivity index (χ0n) is 30.3. The molecule has 4 heterocycles. The highest BCUT2D eigenvalue weighted by Crippen LogP contribution is 2.45. The van der Waals surface area contributed by atoms with Crippen molar-refractivity contribution in [2.75, 3.05) is 0 Å². The molecule has 12 aromatic rings. The average Bonchev–Trinajstić information content (AvgIpc) is 3.98. The van der Waals surface area contributed by atoms with Gasteiger partial charge in [0.25, 0.3) is 0 Å². The molecule has 0 saturated carbocycles. The van der Waals surface area contributed by atoms with Gasteiger partial charge < -0.3 is 13.3 Å². The Hall–Kier alpha value is -7.83. The summed E-state index contributed by atoms with van der Waals surface area (Å²) >= 11 is 0. The summed E-state index contributed by atoms with van der Waals surface area (Å²) in [5.74, 6) is 1.79. The van der Waals surface area contributed by atoms with Gasteiger partial charge in [-0.2, -0.15) is 0 Å². The quantitative estimate of drug-likeness (QED) is 0.175. The van der Waals surface area contributed by atoms with E-state index in [9.17, 15) is 0 Å². The van der Waals surface area contributed by atoms with Crippen molar-refractivity contribution < 1.29 is 13.3 Å². The van der Waals surface area contributed by atoms with Crippen LogP contribution in [0.2, 0.25) is 0 Å². The molecule has 12 rings (SSSR count). The van der Waals surface area contributed by atoms with E-state index in [1.807, 2.05) is 91.0 Å². The van der Waals surface area contributed by atoms with E-state index in [-0.39, 0.29) is 0 Å². The van der Waals surface area contributed by atoms with Crippen LogP contribution in [0, 0.1) is 0 Å². The van der Waals surface area contributed by atoms with Gasteiger partial charge in [-0.3, -0.25) is 0 Å². The number of benzene rings is 8. The second kappa shape index (κ2) is 12.3. The molecule has 6 heteroatoms. The van der Waals surface area contributed by atoms with Gasteiger partial charge in [-0.25, -0.2) is 15.0 Å². The van der Waals surface area contributed by atoms with Gasteiger partial charge in [0.15, 0.2) is 17.5 Å². The van der Waals surface area contributed by atoms with E-state index in [4.69, 9.17) is 28.2 Å². The Morgan fingerprint density at radius 1 is 0.281 bits per heavy atom. The molecule has 6 nitrogen and oxygen atoms in total. The Kier molecular flexibility index (Phi) is 6.83. The molecule has 0 spiro atoms. The van der Waals surface area contributed by atoms with Crippen molar-refractivity contribution >= 4 is 65.8 Å². The molecule has 0 saturated heterocycles. The van der Waals surface area contributed by atoms with Gasteiger partial charge in [-0.1, -0.05) is 127 Å². The maximum Gasteiger partial charge on any atom is 0.164 e. The Morgan fingerprint density at radius 2 is 0.772 bits per heavy atom. The maximum absolute atomic E-state index is 6.71. The minimum absolute atomic E-state index is 0.590. The van der Waals surface area contributed by atoms with Gasteiger partial charge in [0.2, 0.25) is 0 Å². The Bertz CT molecular complexity index is 3520. The first-order chi connectivity index (χ1) is 28.2. The molecule has 0 aliphatic heterocycles. The summed E-state index contributed by atoms with van der Waals surface area (Å²) < 4.78 is 19.1. The summed E-state index contributed by atoms with van der Waals surface area (Å²) in [7, 11) is 0. The Labute approximate surface area is 325 Å². The Balaban J connectivity index is 0.996. The highest BCUT2D eigenvalue weighted by Gasteiger charge is 2.21. The van der Waals surface area contributed by atoms with Crippen molar-refractivity contribution in [3.63, 3.8) is 0 Å². The normalized spacial score (nSPS) is 11.9. The highest BCUT2D eigenvalue weighted by molar-refractivity contribution is 6.21. The predicted octanol–water partition coefficient (Wildman–Crippen LogP) is 13.9. The number of para-hydroxylation sites is 3. The lowest BCUT2D eigenvalue weighted by Gasteiger charge is -2.11. The van der Waals surface area contributed by atoms with Crippen LogP contribution in [0.5, 0.6) is 0 Å². The summed E-state index contributed by atoms with van der Waals surface area (Å²) in [4.78, 5) is 15.0. The molecule has 57 heavy (non-hydrogen) atoms. The van der Waals surface area contributed by atoms with Gasteiger partial charge in [0.05, 0.1) is 0 Å². The molecule has 0 atom stereocenters. The van der Waals surface area contributed by atoms with Gasteiger partial charge in [0, 0.05) is 54.6 Å². The second-order valence-corrected chi connectivity index (χ2v) is 14.3. The first-order valence-corrected chi connectivity index (χ1v) is 18.9. The first kappa shape index (κ1) is 31.5. The molecule has 0 N–H and O–H groups in total. The van der Waals surface area contributed by atoms with E-state index in [2.05, 4.69) is 84.9 Å². The lowest BCUT2D eigenvalue weighted by Crippen LogP contribution is -2.00. The van der Waals surface area contributed by atoms with Crippen molar-refractivity contribution in [3.8, 4) is 56.4 Å². The van der Waals surface area contributed by atoms with Crippen LogP contribution in [-0.2, 0) is 0 Å². The van der Waals surface area contributed by atoms with Crippen molar-refractivity contribution in [3.05, 3.63) is 176 Å². The van der Waals surface area contributed by atoms with Gasteiger partial charge in [0.1, 0.15) is 33.5 Å². The monoisotopic (exact) mass is 731 g/mol. The second-order valence-electron chi connectivity index (χ2n) is 14.3. The lowest BCUT2D eigenvalue weighted by atomic mass is 9.92. The van der Waals surface area contributed by atoms with E-state index in [1.165, 1.54) is 0 Å². The summed E-state index contributed by atoms with van der Waals surface area (Å²) in [5.41, 5.74) is 12.0. The fourth-order valence-electron chi connectivity index (χ4n) is 8.29. The number of nitrogens with zero attached hydrogens (tertiary/aromatic N) is 3. The SMILES string of the molecule is c1ccc(-c2nc(-c3ccc(-c4ccc(-c5cccc6oc7ccccc7c56)c5c4oc4ccccc45)cc3)nc(-c3ccc4oc5ccccc5c4c3)n2)cc1. The highest BCUT2D eigenvalue weighted by atomic mass is 16.3. The third-order valence-corrected chi connectivity index (χ3v) is 11.0. The molecule has 0 aliphatic carbocycles. The zero-order valence-corrected chi connectivity index (χ0v) is 30.3. The van der Waals surface area contributed by atoms with Crippen LogP contribution in [0.4, 0.5) is 0 Å². The molecule has 8 aromatic carbocycles. The smallest absolute Gasteiger partial charge is 0.164 e. The minimum Gasteiger partial charge on any atom is -0.456 e. The average molecular weight is 732 g/mol. The number of hydrogen-bond acceptors (Lipinski definition) is 6. The van der Waals surface area contributed by atoms with E-state index in [0.717, 1.165) is 105 Å². The largest absolute Gasteiger partial charge is 0.456 e. The first-order valence-electron chi connectivity index (χ1n) is 18.9. The number of hydrogen-bond donors (Lipinski definition) is 0. The van der Waals surface area contributed by atoms with Crippen LogP contribution in [0.15, 0.2) is 189 Å². The van der Waals surface area contributed by atoms with Gasteiger partial charge >= 0.3 is 0 Å². The number of rotatable bonds is 5. The third kappa shape index (κ3) is 5.01. The molecule has 4 aromatic heterocycles. The van der Waals surface area contributed by atoms with Crippen molar-refractivity contribution in [2.45, 2.75) is 0 Å². The van der Waals surface area contributed by atoms with E-state index in [0.29, 0.717) is 17.5 Å². The molecule has 0 aliphatic rings. The zero-order chi connectivity index (χ0) is 37.5. The number of aromatic nitrogens is 3. The topological polar surface area (TPSA) is 78.1 Å². The maximum atomic E-state index is 6.71. The molecule has 266 valence electrons. The number of furan rings is 3. The van der Waals surface area contributed by atoms with Crippen molar-refractivity contribution in [1.29, 1.82) is 0 Å².